The van der Waals surface area contributed by atoms with Crippen molar-refractivity contribution in [1.82, 2.24) is 10.2 Å². The van der Waals surface area contributed by atoms with Gasteiger partial charge < -0.3 is 10.1 Å². The van der Waals surface area contributed by atoms with E-state index in [1.165, 1.54) is 35.7 Å². The predicted molar refractivity (Wildman–Crippen MR) is 136 cm³/mol. The highest BCUT2D eigenvalue weighted by Gasteiger charge is 2.22. The van der Waals surface area contributed by atoms with Crippen LogP contribution in [0, 0.1) is 0 Å². The van der Waals surface area contributed by atoms with Crippen LogP contribution in [0.2, 0.25) is 5.02 Å². The van der Waals surface area contributed by atoms with Crippen molar-refractivity contribution in [2.24, 2.45) is 0 Å². The fourth-order valence-corrected chi connectivity index (χ4v) is 4.41. The third kappa shape index (κ3) is 6.50. The largest absolute Gasteiger partial charge is 0.489 e. The zero-order chi connectivity index (χ0) is 20.1. The molecule has 3 nitrogen and oxygen atoms in total. The van der Waals surface area contributed by atoms with E-state index in [1.807, 2.05) is 24.3 Å². The third-order valence-electron chi connectivity index (χ3n) is 5.89. The van der Waals surface area contributed by atoms with Crippen LogP contribution in [0.15, 0.2) is 60.7 Å². The first-order valence-corrected chi connectivity index (χ1v) is 10.9. The summed E-state index contributed by atoms with van der Waals surface area (Å²) in [5, 5.41) is 6.96. The van der Waals surface area contributed by atoms with Crippen molar-refractivity contribution in [1.29, 1.82) is 0 Å². The van der Waals surface area contributed by atoms with E-state index in [0.29, 0.717) is 12.6 Å². The van der Waals surface area contributed by atoms with Gasteiger partial charge in [0.2, 0.25) is 0 Å². The van der Waals surface area contributed by atoms with Crippen LogP contribution in [0.5, 0.6) is 5.75 Å². The van der Waals surface area contributed by atoms with E-state index in [4.69, 9.17) is 16.3 Å². The van der Waals surface area contributed by atoms with Gasteiger partial charge in [0.05, 0.1) is 0 Å². The lowest BCUT2D eigenvalue weighted by molar-refractivity contribution is 0.259. The molecule has 0 radical (unpaired) electrons. The van der Waals surface area contributed by atoms with Crippen molar-refractivity contribution in [2.75, 3.05) is 19.6 Å². The number of halogens is 3. The van der Waals surface area contributed by atoms with Crippen LogP contribution in [0.3, 0.4) is 0 Å². The van der Waals surface area contributed by atoms with E-state index in [1.54, 1.807) is 0 Å². The average molecular weight is 482 g/mol. The fourth-order valence-electron chi connectivity index (χ4n) is 4.28. The van der Waals surface area contributed by atoms with Crippen molar-refractivity contribution >= 4 is 47.2 Å². The maximum Gasteiger partial charge on any atom is 0.124 e. The number of nitrogens with one attached hydrogen (secondary N) is 1. The third-order valence-corrected chi connectivity index (χ3v) is 6.14. The molecule has 0 aliphatic carbocycles. The normalized spacial score (nSPS) is 16.0. The molecule has 1 atom stereocenters. The van der Waals surface area contributed by atoms with E-state index in [2.05, 4.69) is 53.5 Å². The van der Waals surface area contributed by atoms with Crippen molar-refractivity contribution in [3.63, 3.8) is 0 Å². The van der Waals surface area contributed by atoms with Gasteiger partial charge in [0.25, 0.3) is 0 Å². The Labute approximate surface area is 202 Å². The van der Waals surface area contributed by atoms with Gasteiger partial charge >= 0.3 is 0 Å². The minimum atomic E-state index is 0. The Morgan fingerprint density at radius 3 is 2.58 bits per heavy atom. The van der Waals surface area contributed by atoms with Crippen molar-refractivity contribution in [3.05, 3.63) is 76.8 Å². The van der Waals surface area contributed by atoms with Gasteiger partial charge in [-0.3, -0.25) is 4.90 Å². The number of likely N-dealkylation sites (tertiary alicyclic amines) is 1. The van der Waals surface area contributed by atoms with E-state index in [9.17, 15) is 0 Å². The smallest absolute Gasteiger partial charge is 0.124 e. The monoisotopic (exact) mass is 480 g/mol. The topological polar surface area (TPSA) is 24.5 Å². The summed E-state index contributed by atoms with van der Waals surface area (Å²) >= 11 is 6.00. The molecular formula is C25H31Cl3N2O. The molecule has 0 saturated carbocycles. The number of fused-ring (bicyclic) bond motifs is 1. The van der Waals surface area contributed by atoms with E-state index in [0.717, 1.165) is 36.0 Å². The van der Waals surface area contributed by atoms with Crippen molar-refractivity contribution < 1.29 is 4.74 Å². The molecule has 0 bridgehead atoms. The van der Waals surface area contributed by atoms with Crippen LogP contribution in [0.25, 0.3) is 10.8 Å². The van der Waals surface area contributed by atoms with E-state index in [-0.39, 0.29) is 24.8 Å². The summed E-state index contributed by atoms with van der Waals surface area (Å²) in [6.07, 6.45) is 2.60. The number of rotatable bonds is 8. The minimum Gasteiger partial charge on any atom is -0.489 e. The molecule has 3 aromatic rings. The number of hydrogen-bond donors (Lipinski definition) is 1. The molecule has 0 amide bonds. The van der Waals surface area contributed by atoms with Crippen molar-refractivity contribution in [3.8, 4) is 5.75 Å². The van der Waals surface area contributed by atoms with Gasteiger partial charge in [0, 0.05) is 29.7 Å². The van der Waals surface area contributed by atoms with Gasteiger partial charge in [-0.2, -0.15) is 0 Å². The first kappa shape index (κ1) is 25.8. The standard InChI is InChI=1S/C25H29ClN2O.2ClH/c1-2-28-15-5-7-22(28)16-27-17-24-23-8-4-3-6-20(23)11-14-25(24)29-18-19-9-12-21(26)13-10-19;;/h3-4,6,8-14,22,27H,2,5,7,15-18H2,1H3;2*1H. The maximum atomic E-state index is 6.24. The lowest BCUT2D eigenvalue weighted by Gasteiger charge is -2.23. The lowest BCUT2D eigenvalue weighted by Crippen LogP contribution is -2.37. The maximum absolute atomic E-state index is 6.24. The first-order chi connectivity index (χ1) is 14.2. The van der Waals surface area contributed by atoms with Crippen LogP contribution in [0.4, 0.5) is 0 Å². The Kier molecular flexibility index (Phi) is 10.4. The molecule has 1 saturated heterocycles. The highest BCUT2D eigenvalue weighted by molar-refractivity contribution is 6.30. The Hall–Kier alpha value is -1.49. The highest BCUT2D eigenvalue weighted by atomic mass is 35.5. The van der Waals surface area contributed by atoms with Gasteiger partial charge in [-0.1, -0.05) is 61.0 Å². The van der Waals surface area contributed by atoms with Gasteiger partial charge in [0.1, 0.15) is 12.4 Å². The second kappa shape index (κ2) is 12.5. The quantitative estimate of drug-likeness (QED) is 0.398. The summed E-state index contributed by atoms with van der Waals surface area (Å²) < 4.78 is 6.24. The molecular weight excluding hydrogens is 451 g/mol. The number of ether oxygens (including phenoxy) is 1. The average Bonchev–Trinajstić information content (AvgIpc) is 3.21. The van der Waals surface area contributed by atoms with Crippen LogP contribution in [0.1, 0.15) is 30.9 Å². The van der Waals surface area contributed by atoms with Gasteiger partial charge in [-0.05, 0) is 60.5 Å². The van der Waals surface area contributed by atoms with E-state index < -0.39 is 0 Å². The first-order valence-electron chi connectivity index (χ1n) is 10.6. The van der Waals surface area contributed by atoms with Gasteiger partial charge in [0.15, 0.2) is 0 Å². The molecule has 1 fully saturated rings. The Bertz CT molecular complexity index is 949. The number of likely N-dealkylation sites (N-methyl/N-ethyl adjacent to an activating group) is 1. The van der Waals surface area contributed by atoms with Gasteiger partial charge in [-0.25, -0.2) is 0 Å². The zero-order valence-corrected chi connectivity index (χ0v) is 20.2. The minimum absolute atomic E-state index is 0. The molecule has 0 aromatic heterocycles. The molecule has 4 rings (SSSR count). The molecule has 6 heteroatoms. The second-order valence-electron chi connectivity index (χ2n) is 7.73. The molecule has 1 aliphatic heterocycles. The fraction of sp³-hybridized carbons (Fsp3) is 0.360. The lowest BCUT2D eigenvalue weighted by atomic mass is 10.0. The summed E-state index contributed by atoms with van der Waals surface area (Å²) in [7, 11) is 0. The van der Waals surface area contributed by atoms with Crippen LogP contribution >= 0.6 is 36.4 Å². The summed E-state index contributed by atoms with van der Waals surface area (Å²) in [5.74, 6) is 0.949. The molecule has 3 aromatic carbocycles. The van der Waals surface area contributed by atoms with Crippen LogP contribution < -0.4 is 10.1 Å². The Morgan fingerprint density at radius 1 is 1.03 bits per heavy atom. The SMILES string of the molecule is CCN1CCCC1CNCc1c(OCc2ccc(Cl)cc2)ccc2ccccc12.Cl.Cl. The Morgan fingerprint density at radius 2 is 1.81 bits per heavy atom. The molecule has 1 heterocycles. The predicted octanol–water partition coefficient (Wildman–Crippen LogP) is 6.49. The summed E-state index contributed by atoms with van der Waals surface area (Å²) in [4.78, 5) is 2.58. The molecule has 0 spiro atoms. The summed E-state index contributed by atoms with van der Waals surface area (Å²) in [5.41, 5.74) is 2.35. The zero-order valence-electron chi connectivity index (χ0n) is 17.9. The number of benzene rings is 3. The van der Waals surface area contributed by atoms with Crippen LogP contribution in [-0.2, 0) is 13.2 Å². The van der Waals surface area contributed by atoms with Gasteiger partial charge in [-0.15, -0.1) is 24.8 Å². The highest BCUT2D eigenvalue weighted by Crippen LogP contribution is 2.29. The molecule has 1 N–H and O–H groups in total. The van der Waals surface area contributed by atoms with E-state index >= 15 is 0 Å². The van der Waals surface area contributed by atoms with Crippen molar-refractivity contribution in [2.45, 2.75) is 39.0 Å². The molecule has 1 unspecified atom stereocenters. The molecule has 1 aliphatic rings. The number of nitrogens with zero attached hydrogens (tertiary/aromatic N) is 1. The summed E-state index contributed by atoms with van der Waals surface area (Å²) in [6, 6.07) is 21.3. The summed E-state index contributed by atoms with van der Waals surface area (Å²) in [6.45, 7) is 6.99. The molecule has 168 valence electrons. The number of hydrogen-bond acceptors (Lipinski definition) is 3. The molecule has 31 heavy (non-hydrogen) atoms. The second-order valence-corrected chi connectivity index (χ2v) is 8.17. The van der Waals surface area contributed by atoms with Crippen LogP contribution in [-0.4, -0.2) is 30.6 Å². The Balaban J connectivity index is 0.00000171.